The molecule has 0 radical (unpaired) electrons. The SMILES string of the molecule is COc1ccc(N2CCCC2=O)cc1S(=O)(=O)N1CCC(c2ccco2)C1. The van der Waals surface area contributed by atoms with Gasteiger partial charge in [-0.2, -0.15) is 4.31 Å². The van der Waals surface area contributed by atoms with Gasteiger partial charge in [0.05, 0.1) is 13.4 Å². The summed E-state index contributed by atoms with van der Waals surface area (Å²) in [5.41, 5.74) is 0.596. The van der Waals surface area contributed by atoms with E-state index in [2.05, 4.69) is 0 Å². The van der Waals surface area contributed by atoms with Crippen LogP contribution >= 0.6 is 0 Å². The highest BCUT2D eigenvalue weighted by molar-refractivity contribution is 7.89. The first-order valence-corrected chi connectivity index (χ1v) is 10.5. The highest BCUT2D eigenvalue weighted by Crippen LogP contribution is 2.36. The van der Waals surface area contributed by atoms with Gasteiger partial charge in [-0.15, -0.1) is 0 Å². The normalized spacial score (nSPS) is 21.1. The molecule has 1 unspecified atom stereocenters. The number of carbonyl (C=O) groups excluding carboxylic acids is 1. The Kier molecular flexibility index (Phi) is 4.69. The van der Waals surface area contributed by atoms with Crippen LogP contribution in [0.2, 0.25) is 0 Å². The van der Waals surface area contributed by atoms with E-state index in [0.29, 0.717) is 38.2 Å². The molecule has 3 heterocycles. The molecule has 1 aromatic carbocycles. The molecule has 4 rings (SSSR count). The van der Waals surface area contributed by atoms with Gasteiger partial charge in [0.2, 0.25) is 15.9 Å². The number of anilines is 1. The zero-order valence-electron chi connectivity index (χ0n) is 15.1. The standard InChI is InChI=1S/C19H22N2O5S/c1-25-17-7-6-15(21-9-2-5-19(21)22)12-18(17)27(23,24)20-10-8-14(13-20)16-4-3-11-26-16/h3-4,6-7,11-12,14H,2,5,8-10,13H2,1H3. The molecule has 2 saturated heterocycles. The van der Waals surface area contributed by atoms with Gasteiger partial charge >= 0.3 is 0 Å². The summed E-state index contributed by atoms with van der Waals surface area (Å²) >= 11 is 0. The summed E-state index contributed by atoms with van der Waals surface area (Å²) in [7, 11) is -2.30. The number of rotatable bonds is 5. The van der Waals surface area contributed by atoms with Gasteiger partial charge in [-0.1, -0.05) is 0 Å². The smallest absolute Gasteiger partial charge is 0.246 e. The molecule has 7 nitrogen and oxygen atoms in total. The van der Waals surface area contributed by atoms with Crippen LogP contribution in [0.5, 0.6) is 5.75 Å². The van der Waals surface area contributed by atoms with Crippen molar-refractivity contribution in [1.82, 2.24) is 4.31 Å². The first-order chi connectivity index (χ1) is 13.0. The summed E-state index contributed by atoms with van der Waals surface area (Å²) in [6.07, 6.45) is 3.58. The minimum absolute atomic E-state index is 0.0163. The van der Waals surface area contributed by atoms with Crippen molar-refractivity contribution >= 4 is 21.6 Å². The second-order valence-electron chi connectivity index (χ2n) is 6.85. The van der Waals surface area contributed by atoms with Crippen LogP contribution in [0.15, 0.2) is 45.9 Å². The van der Waals surface area contributed by atoms with Crippen LogP contribution in [0, 0.1) is 0 Å². The maximum Gasteiger partial charge on any atom is 0.246 e. The van der Waals surface area contributed by atoms with Gasteiger partial charge in [-0.3, -0.25) is 4.79 Å². The van der Waals surface area contributed by atoms with Crippen molar-refractivity contribution in [1.29, 1.82) is 0 Å². The first-order valence-electron chi connectivity index (χ1n) is 9.02. The Balaban J connectivity index is 1.65. The van der Waals surface area contributed by atoms with Crippen LogP contribution in [-0.2, 0) is 14.8 Å². The summed E-state index contributed by atoms with van der Waals surface area (Å²) in [5, 5.41) is 0. The molecule has 2 aromatic rings. The quantitative estimate of drug-likeness (QED) is 0.784. The molecular formula is C19H22N2O5S. The Morgan fingerprint density at radius 1 is 1.22 bits per heavy atom. The summed E-state index contributed by atoms with van der Waals surface area (Å²) in [6, 6.07) is 8.59. The van der Waals surface area contributed by atoms with Gasteiger partial charge in [0.15, 0.2) is 0 Å². The molecule has 2 fully saturated rings. The molecule has 1 atom stereocenters. The number of sulfonamides is 1. The van der Waals surface area contributed by atoms with E-state index in [1.165, 1.54) is 11.4 Å². The molecule has 1 amide bonds. The Labute approximate surface area is 158 Å². The van der Waals surface area contributed by atoms with Crippen molar-refractivity contribution in [3.8, 4) is 5.75 Å². The van der Waals surface area contributed by atoms with Crippen LogP contribution < -0.4 is 9.64 Å². The van der Waals surface area contributed by atoms with Crippen molar-refractivity contribution in [3.05, 3.63) is 42.4 Å². The van der Waals surface area contributed by atoms with E-state index in [4.69, 9.17) is 9.15 Å². The summed E-state index contributed by atoms with van der Waals surface area (Å²) in [4.78, 5) is 13.8. The Morgan fingerprint density at radius 2 is 2.07 bits per heavy atom. The topological polar surface area (TPSA) is 80.1 Å². The fourth-order valence-electron chi connectivity index (χ4n) is 3.80. The lowest BCUT2D eigenvalue weighted by atomic mass is 10.1. The Morgan fingerprint density at radius 3 is 2.74 bits per heavy atom. The molecule has 144 valence electrons. The lowest BCUT2D eigenvalue weighted by molar-refractivity contribution is -0.117. The number of benzene rings is 1. The molecule has 27 heavy (non-hydrogen) atoms. The van der Waals surface area contributed by atoms with Crippen molar-refractivity contribution in [2.45, 2.75) is 30.1 Å². The summed E-state index contributed by atoms with van der Waals surface area (Å²) < 4.78 is 38.8. The number of amides is 1. The van der Waals surface area contributed by atoms with Crippen LogP contribution in [0.3, 0.4) is 0 Å². The van der Waals surface area contributed by atoms with Gasteiger partial charge in [0, 0.05) is 37.7 Å². The van der Waals surface area contributed by atoms with E-state index in [0.717, 1.165) is 12.2 Å². The molecule has 0 N–H and O–H groups in total. The predicted molar refractivity (Wildman–Crippen MR) is 99.4 cm³/mol. The van der Waals surface area contributed by atoms with Crippen molar-refractivity contribution < 1.29 is 22.4 Å². The van der Waals surface area contributed by atoms with Gasteiger partial charge in [-0.25, -0.2) is 8.42 Å². The molecule has 1 aromatic heterocycles. The zero-order chi connectivity index (χ0) is 19.0. The van der Waals surface area contributed by atoms with Crippen LogP contribution in [0.25, 0.3) is 0 Å². The Hall–Kier alpha value is -2.32. The minimum Gasteiger partial charge on any atom is -0.495 e. The molecular weight excluding hydrogens is 368 g/mol. The molecule has 0 saturated carbocycles. The van der Waals surface area contributed by atoms with Crippen LogP contribution in [0.1, 0.15) is 30.9 Å². The lowest BCUT2D eigenvalue weighted by Crippen LogP contribution is -2.29. The van der Waals surface area contributed by atoms with Gasteiger partial charge in [0.1, 0.15) is 16.4 Å². The van der Waals surface area contributed by atoms with E-state index >= 15 is 0 Å². The summed E-state index contributed by atoms with van der Waals surface area (Å²) in [5.74, 6) is 1.15. The monoisotopic (exact) mass is 390 g/mol. The minimum atomic E-state index is -3.75. The number of methoxy groups -OCH3 is 1. The fraction of sp³-hybridized carbons (Fsp3) is 0.421. The van der Waals surface area contributed by atoms with Crippen molar-refractivity contribution in [3.63, 3.8) is 0 Å². The van der Waals surface area contributed by atoms with Gasteiger partial charge in [-0.05, 0) is 43.2 Å². The number of nitrogens with zero attached hydrogens (tertiary/aromatic N) is 2. The van der Waals surface area contributed by atoms with E-state index in [9.17, 15) is 13.2 Å². The second-order valence-corrected chi connectivity index (χ2v) is 8.75. The average Bonchev–Trinajstić information content (AvgIpc) is 3.41. The van der Waals surface area contributed by atoms with E-state index < -0.39 is 10.0 Å². The highest BCUT2D eigenvalue weighted by atomic mass is 32.2. The predicted octanol–water partition coefficient (Wildman–Crippen LogP) is 2.59. The molecule has 0 spiro atoms. The van der Waals surface area contributed by atoms with E-state index in [1.54, 1.807) is 29.4 Å². The van der Waals surface area contributed by atoms with E-state index in [1.807, 2.05) is 12.1 Å². The molecule has 0 aliphatic carbocycles. The third-order valence-electron chi connectivity index (χ3n) is 5.25. The van der Waals surface area contributed by atoms with Crippen molar-refractivity contribution in [2.75, 3.05) is 31.6 Å². The molecule has 2 aliphatic heterocycles. The summed E-state index contributed by atoms with van der Waals surface area (Å²) in [6.45, 7) is 1.39. The molecule has 0 bridgehead atoms. The van der Waals surface area contributed by atoms with Gasteiger partial charge in [0.25, 0.3) is 0 Å². The maximum atomic E-state index is 13.3. The number of carbonyl (C=O) groups is 1. The van der Waals surface area contributed by atoms with Crippen LogP contribution in [0.4, 0.5) is 5.69 Å². The van der Waals surface area contributed by atoms with E-state index in [-0.39, 0.29) is 22.5 Å². The third-order valence-corrected chi connectivity index (χ3v) is 7.13. The second kappa shape index (κ2) is 7.01. The van der Waals surface area contributed by atoms with Gasteiger partial charge < -0.3 is 14.1 Å². The first kappa shape index (κ1) is 18.1. The lowest BCUT2D eigenvalue weighted by Gasteiger charge is -2.21. The number of ether oxygens (including phenoxy) is 1. The fourth-order valence-corrected chi connectivity index (χ4v) is 5.47. The molecule has 8 heteroatoms. The largest absolute Gasteiger partial charge is 0.495 e. The number of furan rings is 1. The zero-order valence-corrected chi connectivity index (χ0v) is 15.9. The number of hydrogen-bond acceptors (Lipinski definition) is 5. The number of hydrogen-bond donors (Lipinski definition) is 0. The maximum absolute atomic E-state index is 13.3. The average molecular weight is 390 g/mol. The third kappa shape index (κ3) is 3.23. The van der Waals surface area contributed by atoms with Crippen molar-refractivity contribution in [2.24, 2.45) is 0 Å². The van der Waals surface area contributed by atoms with Crippen LogP contribution in [-0.4, -0.2) is 45.4 Å². The highest BCUT2D eigenvalue weighted by Gasteiger charge is 2.36. The molecule has 2 aliphatic rings. The Bertz CT molecular complexity index is 939.